The molecule has 0 bridgehead atoms. The molecule has 0 aliphatic carbocycles. The van der Waals surface area contributed by atoms with Gasteiger partial charge in [-0.3, -0.25) is 4.79 Å². The van der Waals surface area contributed by atoms with Crippen LogP contribution >= 0.6 is 0 Å². The number of rotatable bonds is 7. The fourth-order valence-corrected chi connectivity index (χ4v) is 2.85. The molecule has 0 N–H and O–H groups in total. The number of benzene rings is 2. The van der Waals surface area contributed by atoms with Crippen LogP contribution in [0.2, 0.25) is 0 Å². The van der Waals surface area contributed by atoms with Gasteiger partial charge in [0, 0.05) is 20.0 Å². The summed E-state index contributed by atoms with van der Waals surface area (Å²) in [6.07, 6.45) is -2.97. The number of carbonyl (C=O) groups is 1. The maximum Gasteiger partial charge on any atom is 0.573 e. The summed E-state index contributed by atoms with van der Waals surface area (Å²) in [4.78, 5) is 14.5. The van der Waals surface area contributed by atoms with Crippen LogP contribution in [0, 0.1) is 0 Å². The highest BCUT2D eigenvalue weighted by molar-refractivity contribution is 5.80. The number of tetrazole rings is 1. The zero-order valence-corrected chi connectivity index (χ0v) is 15.5. The Kier molecular flexibility index (Phi) is 6.10. The van der Waals surface area contributed by atoms with Crippen molar-refractivity contribution in [2.45, 2.75) is 25.4 Å². The van der Waals surface area contributed by atoms with E-state index >= 15 is 0 Å². The molecular formula is C19H18F3N5O2. The molecule has 0 aliphatic heterocycles. The molecule has 0 saturated carbocycles. The number of carbonyl (C=O) groups excluding carboxylic acids is 1. The van der Waals surface area contributed by atoms with Crippen LogP contribution < -0.4 is 4.74 Å². The molecule has 0 aliphatic rings. The summed E-state index contributed by atoms with van der Waals surface area (Å²) >= 11 is 0. The maximum atomic E-state index is 13.0. The number of ether oxygens (including phenoxy) is 1. The first-order chi connectivity index (χ1) is 13.8. The predicted molar refractivity (Wildman–Crippen MR) is 96.6 cm³/mol. The Bertz CT molecular complexity index is 915. The molecular weight excluding hydrogens is 387 g/mol. The Morgan fingerprint density at radius 1 is 1.10 bits per heavy atom. The minimum atomic E-state index is -4.75. The second-order valence-electron chi connectivity index (χ2n) is 6.38. The van der Waals surface area contributed by atoms with Crippen molar-refractivity contribution >= 4 is 5.91 Å². The van der Waals surface area contributed by atoms with Crippen molar-refractivity contribution in [3.63, 3.8) is 0 Å². The highest BCUT2D eigenvalue weighted by atomic mass is 19.4. The van der Waals surface area contributed by atoms with E-state index < -0.39 is 12.4 Å². The monoisotopic (exact) mass is 405 g/mol. The predicted octanol–water partition coefficient (Wildman–Crippen LogP) is 3.01. The summed E-state index contributed by atoms with van der Waals surface area (Å²) in [6, 6.07) is 14.2. The molecule has 3 aromatic rings. The first-order valence-electron chi connectivity index (χ1n) is 8.68. The van der Waals surface area contributed by atoms with E-state index in [1.807, 2.05) is 30.3 Å². The van der Waals surface area contributed by atoms with Crippen LogP contribution in [0.3, 0.4) is 0 Å². The highest BCUT2D eigenvalue weighted by Gasteiger charge is 2.31. The van der Waals surface area contributed by atoms with E-state index in [0.29, 0.717) is 12.0 Å². The van der Waals surface area contributed by atoms with E-state index in [2.05, 4.69) is 20.3 Å². The largest absolute Gasteiger partial charge is 0.573 e. The second kappa shape index (κ2) is 8.72. The molecule has 1 atom stereocenters. The summed E-state index contributed by atoms with van der Waals surface area (Å²) in [7, 11) is 1.62. The number of amides is 1. The van der Waals surface area contributed by atoms with E-state index in [-0.39, 0.29) is 18.2 Å². The standard InChI is InChI=1S/C19H18F3N5O2/c1-26(12-15-7-9-16(10-8-15)29-19(20,21)22)18(28)17(27-13-23-24-25-27)11-14-5-3-2-4-6-14/h2-10,13,17H,11-12H2,1H3. The van der Waals surface area contributed by atoms with Gasteiger partial charge in [0.1, 0.15) is 18.1 Å². The second-order valence-corrected chi connectivity index (χ2v) is 6.38. The molecule has 10 heteroatoms. The summed E-state index contributed by atoms with van der Waals surface area (Å²) in [5, 5.41) is 11.1. The lowest BCUT2D eigenvalue weighted by Crippen LogP contribution is -2.35. The fourth-order valence-electron chi connectivity index (χ4n) is 2.85. The van der Waals surface area contributed by atoms with Crippen molar-refractivity contribution in [3.8, 4) is 5.75 Å². The first-order valence-corrected chi connectivity index (χ1v) is 8.68. The van der Waals surface area contributed by atoms with Crippen molar-refractivity contribution in [2.75, 3.05) is 7.05 Å². The molecule has 1 unspecified atom stereocenters. The highest BCUT2D eigenvalue weighted by Crippen LogP contribution is 2.23. The van der Waals surface area contributed by atoms with Gasteiger partial charge in [0.25, 0.3) is 0 Å². The molecule has 1 heterocycles. The third-order valence-electron chi connectivity index (χ3n) is 4.19. The number of likely N-dealkylation sites (N-methyl/N-ethyl adjacent to an activating group) is 1. The van der Waals surface area contributed by atoms with E-state index in [1.165, 1.54) is 40.2 Å². The van der Waals surface area contributed by atoms with Gasteiger partial charge < -0.3 is 9.64 Å². The third kappa shape index (κ3) is 5.77. The van der Waals surface area contributed by atoms with Crippen LogP contribution in [0.1, 0.15) is 17.2 Å². The van der Waals surface area contributed by atoms with Gasteiger partial charge in [-0.25, -0.2) is 4.68 Å². The Labute approximate surface area is 164 Å². The molecule has 0 fully saturated rings. The minimum Gasteiger partial charge on any atom is -0.406 e. The average molecular weight is 405 g/mol. The Morgan fingerprint density at radius 2 is 1.79 bits per heavy atom. The number of alkyl halides is 3. The smallest absolute Gasteiger partial charge is 0.406 e. The van der Waals surface area contributed by atoms with Crippen molar-refractivity contribution in [1.82, 2.24) is 25.1 Å². The Hall–Kier alpha value is -3.43. The van der Waals surface area contributed by atoms with E-state index in [0.717, 1.165) is 5.56 Å². The number of hydrogen-bond acceptors (Lipinski definition) is 5. The normalized spacial score (nSPS) is 12.4. The number of aromatic nitrogens is 4. The maximum absolute atomic E-state index is 13.0. The van der Waals surface area contributed by atoms with Gasteiger partial charge in [0.05, 0.1) is 0 Å². The molecule has 1 aromatic heterocycles. The van der Waals surface area contributed by atoms with Crippen molar-refractivity contribution in [1.29, 1.82) is 0 Å². The van der Waals surface area contributed by atoms with E-state index in [1.54, 1.807) is 7.05 Å². The number of hydrogen-bond donors (Lipinski definition) is 0. The zero-order chi connectivity index (χ0) is 20.9. The lowest BCUT2D eigenvalue weighted by Gasteiger charge is -2.24. The van der Waals surface area contributed by atoms with Crippen LogP contribution in [0.15, 0.2) is 60.9 Å². The SMILES string of the molecule is CN(Cc1ccc(OC(F)(F)F)cc1)C(=O)C(Cc1ccccc1)n1cnnn1. The minimum absolute atomic E-state index is 0.207. The summed E-state index contributed by atoms with van der Waals surface area (Å²) in [5.74, 6) is -0.539. The molecule has 3 rings (SSSR count). The van der Waals surface area contributed by atoms with Gasteiger partial charge in [0.15, 0.2) is 0 Å². The average Bonchev–Trinajstić information content (AvgIpc) is 3.21. The number of halogens is 3. The van der Waals surface area contributed by atoms with Crippen LogP contribution in [-0.2, 0) is 17.8 Å². The molecule has 0 saturated heterocycles. The zero-order valence-electron chi connectivity index (χ0n) is 15.5. The lowest BCUT2D eigenvalue weighted by molar-refractivity contribution is -0.274. The quantitative estimate of drug-likeness (QED) is 0.604. The fraction of sp³-hybridized carbons (Fsp3) is 0.263. The Morgan fingerprint density at radius 3 is 2.38 bits per heavy atom. The van der Waals surface area contributed by atoms with Gasteiger partial charge in [-0.15, -0.1) is 18.3 Å². The molecule has 7 nitrogen and oxygen atoms in total. The van der Waals surface area contributed by atoms with Crippen LogP contribution in [0.4, 0.5) is 13.2 Å². The van der Waals surface area contributed by atoms with Crippen molar-refractivity contribution in [3.05, 3.63) is 72.1 Å². The number of nitrogens with zero attached hydrogens (tertiary/aromatic N) is 5. The van der Waals surface area contributed by atoms with Gasteiger partial charge in [-0.2, -0.15) is 0 Å². The van der Waals surface area contributed by atoms with Gasteiger partial charge in [-0.1, -0.05) is 42.5 Å². The van der Waals surface area contributed by atoms with Crippen LogP contribution in [-0.4, -0.2) is 44.4 Å². The molecule has 0 radical (unpaired) electrons. The van der Waals surface area contributed by atoms with Crippen LogP contribution in [0.25, 0.3) is 0 Å². The molecule has 2 aromatic carbocycles. The van der Waals surface area contributed by atoms with Crippen LogP contribution in [0.5, 0.6) is 5.75 Å². The Balaban J connectivity index is 1.70. The van der Waals surface area contributed by atoms with Gasteiger partial charge in [-0.05, 0) is 33.7 Å². The van der Waals surface area contributed by atoms with E-state index in [9.17, 15) is 18.0 Å². The van der Waals surface area contributed by atoms with Crippen molar-refractivity contribution in [2.24, 2.45) is 0 Å². The topological polar surface area (TPSA) is 73.1 Å². The molecule has 0 spiro atoms. The summed E-state index contributed by atoms with van der Waals surface area (Å²) in [6.45, 7) is 0.207. The van der Waals surface area contributed by atoms with E-state index in [4.69, 9.17) is 0 Å². The first kappa shape index (κ1) is 20.3. The molecule has 1 amide bonds. The third-order valence-corrected chi connectivity index (χ3v) is 4.19. The van der Waals surface area contributed by atoms with Gasteiger partial charge >= 0.3 is 6.36 Å². The molecule has 29 heavy (non-hydrogen) atoms. The summed E-state index contributed by atoms with van der Waals surface area (Å²) < 4.78 is 42.1. The summed E-state index contributed by atoms with van der Waals surface area (Å²) in [5.41, 5.74) is 1.61. The van der Waals surface area contributed by atoms with Gasteiger partial charge in [0.2, 0.25) is 5.91 Å². The lowest BCUT2D eigenvalue weighted by atomic mass is 10.0. The molecule has 152 valence electrons. The van der Waals surface area contributed by atoms with Crippen molar-refractivity contribution < 1.29 is 22.7 Å².